The standard InChI is InChI=1S/C27H37N5O4Si/c1-27(2,3)36-26(34)31-22-9-7-8-21(28-22)20-16-32(17-35-14-15-37(4,5)6)24-19(20)12-13-23(29-24)30-25(33)18-10-11-18/h7-9,12-13,16,18H,10-11,14-15,17H2,1-6H3,(H,28,31,34)(H,29,30,33). The highest BCUT2D eigenvalue weighted by Gasteiger charge is 2.30. The maximum absolute atomic E-state index is 12.3. The fourth-order valence-corrected chi connectivity index (χ4v) is 4.47. The summed E-state index contributed by atoms with van der Waals surface area (Å²) in [7, 11) is -1.22. The topological polar surface area (TPSA) is 107 Å². The van der Waals surface area contributed by atoms with E-state index in [0.717, 1.165) is 29.8 Å². The second-order valence-corrected chi connectivity index (χ2v) is 17.3. The number of fused-ring (bicyclic) bond motifs is 1. The molecule has 0 radical (unpaired) electrons. The summed E-state index contributed by atoms with van der Waals surface area (Å²) in [6, 6.07) is 10.2. The Morgan fingerprint density at radius 3 is 2.46 bits per heavy atom. The number of hydrogen-bond donors (Lipinski definition) is 2. The molecule has 10 heteroatoms. The van der Waals surface area contributed by atoms with Crippen molar-refractivity contribution >= 4 is 42.7 Å². The van der Waals surface area contributed by atoms with Crippen LogP contribution in [0.3, 0.4) is 0 Å². The molecular formula is C27H37N5O4Si. The lowest BCUT2D eigenvalue weighted by atomic mass is 10.1. The van der Waals surface area contributed by atoms with Crippen molar-refractivity contribution in [2.24, 2.45) is 5.92 Å². The summed E-state index contributed by atoms with van der Waals surface area (Å²) >= 11 is 0. The molecule has 2 amide bonds. The Kier molecular flexibility index (Phi) is 7.70. The van der Waals surface area contributed by atoms with E-state index >= 15 is 0 Å². The number of rotatable bonds is 9. The van der Waals surface area contributed by atoms with Gasteiger partial charge in [0.2, 0.25) is 5.91 Å². The zero-order valence-electron chi connectivity index (χ0n) is 22.6. The Hall–Kier alpha value is -3.24. The van der Waals surface area contributed by atoms with E-state index in [1.807, 2.05) is 55.8 Å². The minimum atomic E-state index is -1.22. The van der Waals surface area contributed by atoms with Crippen molar-refractivity contribution in [3.8, 4) is 11.3 Å². The van der Waals surface area contributed by atoms with Crippen LogP contribution in [0.5, 0.6) is 0 Å². The molecular weight excluding hydrogens is 486 g/mol. The summed E-state index contributed by atoms with van der Waals surface area (Å²) in [6.45, 7) is 13.4. The van der Waals surface area contributed by atoms with E-state index in [4.69, 9.17) is 14.5 Å². The molecule has 0 bridgehead atoms. The zero-order chi connectivity index (χ0) is 26.8. The molecule has 1 saturated carbocycles. The average Bonchev–Trinajstić information content (AvgIpc) is 3.57. The van der Waals surface area contributed by atoms with Gasteiger partial charge in [-0.1, -0.05) is 25.7 Å². The van der Waals surface area contributed by atoms with Gasteiger partial charge in [0.15, 0.2) is 0 Å². The smallest absolute Gasteiger partial charge is 0.413 e. The molecule has 0 unspecified atom stereocenters. The van der Waals surface area contributed by atoms with Gasteiger partial charge in [-0.05, 0) is 63.9 Å². The molecule has 4 rings (SSSR count). The molecule has 0 saturated heterocycles. The van der Waals surface area contributed by atoms with Gasteiger partial charge in [0.05, 0.1) is 5.69 Å². The number of pyridine rings is 2. The molecule has 9 nitrogen and oxygen atoms in total. The number of hydrogen-bond acceptors (Lipinski definition) is 6. The largest absolute Gasteiger partial charge is 0.444 e. The molecule has 1 aliphatic carbocycles. The summed E-state index contributed by atoms with van der Waals surface area (Å²) in [6.07, 6.45) is 3.25. The Morgan fingerprint density at radius 2 is 1.78 bits per heavy atom. The molecule has 1 aliphatic rings. The minimum absolute atomic E-state index is 0.0131. The van der Waals surface area contributed by atoms with Gasteiger partial charge >= 0.3 is 6.09 Å². The van der Waals surface area contributed by atoms with Crippen molar-refractivity contribution < 1.29 is 19.1 Å². The van der Waals surface area contributed by atoms with E-state index in [-0.39, 0.29) is 11.8 Å². The number of carbonyl (C=O) groups excluding carboxylic acids is 2. The van der Waals surface area contributed by atoms with Crippen molar-refractivity contribution in [3.63, 3.8) is 0 Å². The Balaban J connectivity index is 1.62. The molecule has 0 atom stereocenters. The van der Waals surface area contributed by atoms with Crippen molar-refractivity contribution in [2.45, 2.75) is 71.6 Å². The molecule has 0 aromatic carbocycles. The number of ether oxygens (including phenoxy) is 2. The van der Waals surface area contributed by atoms with Crippen molar-refractivity contribution in [2.75, 3.05) is 17.2 Å². The first-order valence-corrected chi connectivity index (χ1v) is 16.4. The zero-order valence-corrected chi connectivity index (χ0v) is 23.6. The van der Waals surface area contributed by atoms with Crippen molar-refractivity contribution in [1.82, 2.24) is 14.5 Å². The van der Waals surface area contributed by atoms with Crippen LogP contribution in [0.2, 0.25) is 25.7 Å². The van der Waals surface area contributed by atoms with Crippen LogP contribution in [-0.4, -0.2) is 46.8 Å². The van der Waals surface area contributed by atoms with Crippen LogP contribution >= 0.6 is 0 Å². The van der Waals surface area contributed by atoms with E-state index in [1.165, 1.54) is 0 Å². The maximum Gasteiger partial charge on any atom is 0.413 e. The molecule has 198 valence electrons. The average molecular weight is 524 g/mol. The number of carbonyl (C=O) groups is 2. The monoisotopic (exact) mass is 523 g/mol. The van der Waals surface area contributed by atoms with Crippen LogP contribution in [0.15, 0.2) is 36.5 Å². The highest BCUT2D eigenvalue weighted by atomic mass is 28.3. The van der Waals surface area contributed by atoms with Gasteiger partial charge in [0.25, 0.3) is 0 Å². The summed E-state index contributed by atoms with van der Waals surface area (Å²) < 4.78 is 13.3. The van der Waals surface area contributed by atoms with Gasteiger partial charge in [-0.25, -0.2) is 14.8 Å². The summed E-state index contributed by atoms with van der Waals surface area (Å²) in [5.74, 6) is 1.01. The van der Waals surface area contributed by atoms with Crippen LogP contribution in [0.25, 0.3) is 22.3 Å². The number of aromatic nitrogens is 3. The third kappa shape index (κ3) is 7.62. The van der Waals surface area contributed by atoms with E-state index < -0.39 is 19.8 Å². The Morgan fingerprint density at radius 1 is 1.05 bits per heavy atom. The quantitative estimate of drug-likeness (QED) is 0.259. The first-order chi connectivity index (χ1) is 17.4. The van der Waals surface area contributed by atoms with Gasteiger partial charge < -0.3 is 19.4 Å². The molecule has 1 fully saturated rings. The van der Waals surface area contributed by atoms with Gasteiger partial charge in [-0.3, -0.25) is 10.1 Å². The Labute approximate surface area is 219 Å². The second kappa shape index (κ2) is 10.6. The number of nitrogens with zero attached hydrogens (tertiary/aromatic N) is 3. The van der Waals surface area contributed by atoms with Gasteiger partial charge in [-0.2, -0.15) is 0 Å². The lowest BCUT2D eigenvalue weighted by molar-refractivity contribution is -0.117. The fourth-order valence-electron chi connectivity index (χ4n) is 3.71. The first kappa shape index (κ1) is 26.8. The van der Waals surface area contributed by atoms with E-state index in [2.05, 4.69) is 35.3 Å². The Bertz CT molecular complexity index is 1290. The third-order valence-corrected chi connectivity index (χ3v) is 7.51. The van der Waals surface area contributed by atoms with Gasteiger partial charge in [-0.15, -0.1) is 0 Å². The van der Waals surface area contributed by atoms with E-state index in [1.54, 1.807) is 6.07 Å². The molecule has 3 heterocycles. The van der Waals surface area contributed by atoms with Crippen molar-refractivity contribution in [3.05, 3.63) is 36.5 Å². The summed E-state index contributed by atoms with van der Waals surface area (Å²) in [5.41, 5.74) is 1.62. The maximum atomic E-state index is 12.3. The first-order valence-electron chi connectivity index (χ1n) is 12.7. The van der Waals surface area contributed by atoms with Crippen LogP contribution in [0, 0.1) is 5.92 Å². The van der Waals surface area contributed by atoms with Crippen LogP contribution in [0.4, 0.5) is 16.4 Å². The lowest BCUT2D eigenvalue weighted by Gasteiger charge is -2.19. The molecule has 37 heavy (non-hydrogen) atoms. The SMILES string of the molecule is CC(C)(C)OC(=O)Nc1cccc(-c2cn(COCC[Si](C)(C)C)c3nc(NC(=O)C4CC4)ccc23)n1. The van der Waals surface area contributed by atoms with E-state index in [0.29, 0.717) is 36.3 Å². The highest BCUT2D eigenvalue weighted by molar-refractivity contribution is 6.76. The lowest BCUT2D eigenvalue weighted by Crippen LogP contribution is -2.27. The normalized spacial score (nSPS) is 14.0. The molecule has 3 aromatic heterocycles. The van der Waals surface area contributed by atoms with E-state index in [9.17, 15) is 9.59 Å². The summed E-state index contributed by atoms with van der Waals surface area (Å²) in [4.78, 5) is 34.0. The van der Waals surface area contributed by atoms with Crippen LogP contribution in [0.1, 0.15) is 33.6 Å². The number of amides is 2. The third-order valence-electron chi connectivity index (χ3n) is 5.80. The second-order valence-electron chi connectivity index (χ2n) is 11.7. The molecule has 0 aliphatic heterocycles. The molecule has 0 spiro atoms. The predicted octanol–water partition coefficient (Wildman–Crippen LogP) is 6.11. The fraction of sp³-hybridized carbons (Fsp3) is 0.481. The predicted molar refractivity (Wildman–Crippen MR) is 148 cm³/mol. The molecule has 3 aromatic rings. The van der Waals surface area contributed by atoms with Gasteiger partial charge in [0.1, 0.15) is 29.6 Å². The minimum Gasteiger partial charge on any atom is -0.444 e. The van der Waals surface area contributed by atoms with Crippen LogP contribution < -0.4 is 10.6 Å². The summed E-state index contributed by atoms with van der Waals surface area (Å²) in [5, 5.41) is 6.51. The number of nitrogens with one attached hydrogen (secondary N) is 2. The van der Waals surface area contributed by atoms with Crippen LogP contribution in [-0.2, 0) is 21.0 Å². The van der Waals surface area contributed by atoms with Gasteiger partial charge in [0, 0.05) is 37.7 Å². The number of anilines is 2. The van der Waals surface area contributed by atoms with Crippen molar-refractivity contribution in [1.29, 1.82) is 0 Å². The molecule has 2 N–H and O–H groups in total. The highest BCUT2D eigenvalue weighted by Crippen LogP contribution is 2.32.